The highest BCUT2D eigenvalue weighted by Crippen LogP contribution is 2.21. The van der Waals surface area contributed by atoms with Crippen LogP contribution in [0, 0.1) is 0 Å². The Morgan fingerprint density at radius 2 is 1.96 bits per heavy atom. The van der Waals surface area contributed by atoms with Crippen LogP contribution in [0.5, 0.6) is 0 Å². The Bertz CT molecular complexity index is 634. The van der Waals surface area contributed by atoms with Gasteiger partial charge in [-0.25, -0.2) is 4.79 Å². The molecule has 1 atom stereocenters. The normalized spacial score (nSPS) is 20.6. The molecule has 2 saturated heterocycles. The number of amides is 3. The van der Waals surface area contributed by atoms with Gasteiger partial charge in [0.2, 0.25) is 11.8 Å². The van der Waals surface area contributed by atoms with Crippen molar-refractivity contribution in [3.05, 3.63) is 35.9 Å². The lowest BCUT2D eigenvalue weighted by atomic mass is 10.1. The van der Waals surface area contributed by atoms with E-state index in [-0.39, 0.29) is 25.0 Å². The standard InChI is InChI=1S/C17H21N3O4/c1-13(21)18-10-15-19(16(22)11-18)8-5-9-20(15)17(23)24-12-14-6-3-2-4-7-14/h2-4,6-7,15H,5,8-12H2,1H3. The third-order valence-corrected chi connectivity index (χ3v) is 4.43. The minimum atomic E-state index is -0.452. The molecular weight excluding hydrogens is 310 g/mol. The van der Waals surface area contributed by atoms with Crippen LogP contribution >= 0.6 is 0 Å². The van der Waals surface area contributed by atoms with Crippen molar-refractivity contribution in [3.63, 3.8) is 0 Å². The van der Waals surface area contributed by atoms with Crippen LogP contribution in [0.15, 0.2) is 30.3 Å². The highest BCUT2D eigenvalue weighted by atomic mass is 16.6. The average Bonchev–Trinajstić information content (AvgIpc) is 2.60. The van der Waals surface area contributed by atoms with Crippen LogP contribution in [0.25, 0.3) is 0 Å². The lowest BCUT2D eigenvalue weighted by Gasteiger charge is -2.48. The van der Waals surface area contributed by atoms with E-state index in [9.17, 15) is 14.4 Å². The van der Waals surface area contributed by atoms with E-state index in [1.807, 2.05) is 30.3 Å². The Hall–Kier alpha value is -2.57. The molecule has 3 amide bonds. The number of piperazine rings is 1. The largest absolute Gasteiger partial charge is 0.444 e. The quantitative estimate of drug-likeness (QED) is 0.812. The topological polar surface area (TPSA) is 70.2 Å². The van der Waals surface area contributed by atoms with Gasteiger partial charge in [-0.15, -0.1) is 0 Å². The number of benzene rings is 1. The molecule has 0 radical (unpaired) electrons. The molecule has 0 aromatic heterocycles. The van der Waals surface area contributed by atoms with E-state index in [0.717, 1.165) is 5.56 Å². The van der Waals surface area contributed by atoms with Gasteiger partial charge in [0.1, 0.15) is 12.8 Å². The molecule has 3 rings (SSSR count). The molecule has 0 N–H and O–H groups in total. The molecule has 0 spiro atoms. The van der Waals surface area contributed by atoms with E-state index in [1.165, 1.54) is 11.8 Å². The van der Waals surface area contributed by atoms with Crippen molar-refractivity contribution in [2.24, 2.45) is 0 Å². The molecule has 7 nitrogen and oxygen atoms in total. The Morgan fingerprint density at radius 1 is 1.21 bits per heavy atom. The van der Waals surface area contributed by atoms with Gasteiger partial charge in [-0.05, 0) is 12.0 Å². The minimum absolute atomic E-state index is 0.0821. The van der Waals surface area contributed by atoms with E-state index in [4.69, 9.17) is 4.74 Å². The Morgan fingerprint density at radius 3 is 2.67 bits per heavy atom. The number of carbonyl (C=O) groups excluding carboxylic acids is 3. The molecule has 128 valence electrons. The number of rotatable bonds is 2. The van der Waals surface area contributed by atoms with Crippen LogP contribution in [-0.4, -0.2) is 65.0 Å². The number of fused-ring (bicyclic) bond motifs is 1. The van der Waals surface area contributed by atoms with Crippen LogP contribution in [0.3, 0.4) is 0 Å². The van der Waals surface area contributed by atoms with Crippen molar-refractivity contribution in [1.29, 1.82) is 0 Å². The maximum absolute atomic E-state index is 12.5. The monoisotopic (exact) mass is 331 g/mol. The van der Waals surface area contributed by atoms with Crippen LogP contribution in [-0.2, 0) is 20.9 Å². The molecule has 0 bridgehead atoms. The maximum atomic E-state index is 12.5. The number of nitrogens with zero attached hydrogens (tertiary/aromatic N) is 3. The molecular formula is C17H21N3O4. The molecule has 2 heterocycles. The van der Waals surface area contributed by atoms with Crippen molar-refractivity contribution >= 4 is 17.9 Å². The smallest absolute Gasteiger partial charge is 0.411 e. The van der Waals surface area contributed by atoms with E-state index < -0.39 is 12.3 Å². The third kappa shape index (κ3) is 3.34. The Balaban J connectivity index is 1.68. The van der Waals surface area contributed by atoms with Gasteiger partial charge >= 0.3 is 6.09 Å². The summed E-state index contributed by atoms with van der Waals surface area (Å²) in [6.07, 6.45) is -0.179. The predicted octanol–water partition coefficient (Wildman–Crippen LogP) is 1.05. The van der Waals surface area contributed by atoms with Gasteiger partial charge in [0.05, 0.1) is 13.1 Å². The number of carbonyl (C=O) groups is 3. The second-order valence-electron chi connectivity index (χ2n) is 6.05. The zero-order valence-electron chi connectivity index (χ0n) is 13.7. The van der Waals surface area contributed by atoms with Crippen molar-refractivity contribution in [2.45, 2.75) is 26.1 Å². The number of ether oxygens (including phenoxy) is 1. The van der Waals surface area contributed by atoms with Gasteiger partial charge in [-0.3, -0.25) is 14.5 Å². The van der Waals surface area contributed by atoms with Gasteiger partial charge in [-0.2, -0.15) is 0 Å². The molecule has 24 heavy (non-hydrogen) atoms. The molecule has 1 unspecified atom stereocenters. The van der Waals surface area contributed by atoms with Gasteiger partial charge in [0, 0.05) is 20.0 Å². The fourth-order valence-corrected chi connectivity index (χ4v) is 3.14. The second-order valence-corrected chi connectivity index (χ2v) is 6.05. The summed E-state index contributed by atoms with van der Waals surface area (Å²) >= 11 is 0. The van der Waals surface area contributed by atoms with Crippen molar-refractivity contribution in [1.82, 2.24) is 14.7 Å². The van der Waals surface area contributed by atoms with E-state index in [0.29, 0.717) is 26.1 Å². The Kier molecular flexibility index (Phi) is 4.69. The van der Waals surface area contributed by atoms with Gasteiger partial charge < -0.3 is 14.5 Å². The molecule has 0 saturated carbocycles. The summed E-state index contributed by atoms with van der Waals surface area (Å²) in [4.78, 5) is 41.0. The lowest BCUT2D eigenvalue weighted by molar-refractivity contribution is -0.155. The summed E-state index contributed by atoms with van der Waals surface area (Å²) in [7, 11) is 0. The first-order chi connectivity index (χ1) is 11.6. The van der Waals surface area contributed by atoms with Gasteiger partial charge in [0.15, 0.2) is 0 Å². The van der Waals surface area contributed by atoms with Gasteiger partial charge in [-0.1, -0.05) is 30.3 Å². The first-order valence-corrected chi connectivity index (χ1v) is 8.08. The van der Waals surface area contributed by atoms with Gasteiger partial charge in [0.25, 0.3) is 0 Å². The van der Waals surface area contributed by atoms with Crippen LogP contribution in [0.1, 0.15) is 18.9 Å². The first kappa shape index (κ1) is 16.3. The summed E-state index contributed by atoms with van der Waals surface area (Å²) in [5, 5.41) is 0. The highest BCUT2D eigenvalue weighted by Gasteiger charge is 2.41. The average molecular weight is 331 g/mol. The molecule has 1 aromatic carbocycles. The Labute approximate surface area is 140 Å². The summed E-state index contributed by atoms with van der Waals surface area (Å²) in [6.45, 7) is 3.17. The molecule has 2 aliphatic rings. The van der Waals surface area contributed by atoms with Crippen LogP contribution < -0.4 is 0 Å². The van der Waals surface area contributed by atoms with E-state index in [2.05, 4.69) is 0 Å². The molecule has 1 aromatic rings. The molecule has 0 aliphatic carbocycles. The van der Waals surface area contributed by atoms with Crippen molar-refractivity contribution < 1.29 is 19.1 Å². The SMILES string of the molecule is CC(=O)N1CC(=O)N2CCCN(C(=O)OCc3ccccc3)C2C1. The van der Waals surface area contributed by atoms with Crippen LogP contribution in [0.4, 0.5) is 4.79 Å². The molecule has 2 fully saturated rings. The van der Waals surface area contributed by atoms with E-state index in [1.54, 1.807) is 9.80 Å². The molecule has 7 heteroatoms. The fraction of sp³-hybridized carbons (Fsp3) is 0.471. The van der Waals surface area contributed by atoms with E-state index >= 15 is 0 Å². The first-order valence-electron chi connectivity index (χ1n) is 8.08. The fourth-order valence-electron chi connectivity index (χ4n) is 3.14. The zero-order valence-corrected chi connectivity index (χ0v) is 13.7. The minimum Gasteiger partial charge on any atom is -0.444 e. The lowest BCUT2D eigenvalue weighted by Crippen LogP contribution is -2.67. The summed E-state index contributed by atoms with van der Waals surface area (Å²) < 4.78 is 5.39. The predicted molar refractivity (Wildman–Crippen MR) is 85.7 cm³/mol. The van der Waals surface area contributed by atoms with Crippen LogP contribution in [0.2, 0.25) is 0 Å². The van der Waals surface area contributed by atoms with Crippen molar-refractivity contribution in [3.8, 4) is 0 Å². The maximum Gasteiger partial charge on any atom is 0.411 e. The third-order valence-electron chi connectivity index (χ3n) is 4.43. The summed E-state index contributed by atoms with van der Waals surface area (Å²) in [5.74, 6) is -0.284. The number of hydrogen-bond donors (Lipinski definition) is 0. The second kappa shape index (κ2) is 6.90. The highest BCUT2D eigenvalue weighted by molar-refractivity contribution is 5.86. The van der Waals surface area contributed by atoms with Crippen molar-refractivity contribution in [2.75, 3.05) is 26.2 Å². The number of hydrogen-bond acceptors (Lipinski definition) is 4. The summed E-state index contributed by atoms with van der Waals surface area (Å²) in [6, 6.07) is 9.44. The summed E-state index contributed by atoms with van der Waals surface area (Å²) in [5.41, 5.74) is 0.907. The zero-order chi connectivity index (χ0) is 17.1. The molecule has 2 aliphatic heterocycles.